The number of urea groups is 1. The van der Waals surface area contributed by atoms with Gasteiger partial charge in [0.05, 0.1) is 15.9 Å². The van der Waals surface area contributed by atoms with E-state index in [4.69, 9.17) is 0 Å². The van der Waals surface area contributed by atoms with Gasteiger partial charge in [-0.3, -0.25) is 0 Å². The molecule has 4 rings (SSSR count). The number of benzene rings is 3. The third-order valence-corrected chi connectivity index (χ3v) is 5.68. The van der Waals surface area contributed by atoms with Crippen LogP contribution in [0.5, 0.6) is 0 Å². The number of carbonyl (C=O) groups excluding carboxylic acids is 1. The number of H-pyrrole nitrogens is 1. The second-order valence-electron chi connectivity index (χ2n) is 6.68. The SMILES string of the molecule is Cc1ccc(S(=O)(=O)NC(=O)Nc2cccc(Nc3nc4ccccc4[nH]3)c2)cc1. The lowest BCUT2D eigenvalue weighted by Crippen LogP contribution is -2.34. The molecule has 0 saturated carbocycles. The molecule has 0 aliphatic carbocycles. The summed E-state index contributed by atoms with van der Waals surface area (Å²) in [6.07, 6.45) is 0. The maximum absolute atomic E-state index is 12.3. The summed E-state index contributed by atoms with van der Waals surface area (Å²) >= 11 is 0. The molecular weight excluding hydrogens is 402 g/mol. The van der Waals surface area contributed by atoms with Gasteiger partial charge in [-0.15, -0.1) is 0 Å². The van der Waals surface area contributed by atoms with E-state index in [1.54, 1.807) is 36.4 Å². The number of amides is 2. The smallest absolute Gasteiger partial charge is 0.326 e. The molecule has 8 nitrogen and oxygen atoms in total. The Morgan fingerprint density at radius 1 is 0.933 bits per heavy atom. The van der Waals surface area contributed by atoms with E-state index in [2.05, 4.69) is 20.6 Å². The predicted octanol–water partition coefficient (Wildman–Crippen LogP) is 4.13. The number of para-hydroxylation sites is 2. The number of carbonyl (C=O) groups is 1. The molecular formula is C21H19N5O3S. The molecule has 4 aromatic rings. The molecule has 30 heavy (non-hydrogen) atoms. The maximum atomic E-state index is 12.3. The lowest BCUT2D eigenvalue weighted by atomic mass is 10.2. The van der Waals surface area contributed by atoms with Gasteiger partial charge in [0.25, 0.3) is 10.0 Å². The van der Waals surface area contributed by atoms with Crippen molar-refractivity contribution >= 4 is 44.4 Å². The molecule has 0 aliphatic heterocycles. The first-order chi connectivity index (χ1) is 14.4. The Labute approximate surface area is 173 Å². The number of sulfonamides is 1. The van der Waals surface area contributed by atoms with E-state index in [1.165, 1.54) is 12.1 Å². The highest BCUT2D eigenvalue weighted by Gasteiger charge is 2.17. The molecule has 9 heteroatoms. The van der Waals surface area contributed by atoms with Gasteiger partial charge in [-0.1, -0.05) is 35.9 Å². The molecule has 0 saturated heterocycles. The first-order valence-corrected chi connectivity index (χ1v) is 10.6. The van der Waals surface area contributed by atoms with E-state index >= 15 is 0 Å². The van der Waals surface area contributed by atoms with Gasteiger partial charge in [0, 0.05) is 11.4 Å². The van der Waals surface area contributed by atoms with Gasteiger partial charge < -0.3 is 15.6 Å². The van der Waals surface area contributed by atoms with Crippen molar-refractivity contribution < 1.29 is 13.2 Å². The highest BCUT2D eigenvalue weighted by Crippen LogP contribution is 2.21. The molecule has 0 aliphatic rings. The summed E-state index contributed by atoms with van der Waals surface area (Å²) in [7, 11) is -3.96. The van der Waals surface area contributed by atoms with Crippen LogP contribution in [0.1, 0.15) is 5.56 Å². The Kier molecular flexibility index (Phi) is 5.11. The highest BCUT2D eigenvalue weighted by atomic mass is 32.2. The minimum absolute atomic E-state index is 0.0172. The van der Waals surface area contributed by atoms with Crippen molar-refractivity contribution in [2.75, 3.05) is 10.6 Å². The standard InChI is InChI=1S/C21H19N5O3S/c1-14-9-11-17(12-10-14)30(28,29)26-21(27)23-16-6-4-5-15(13-16)22-20-24-18-7-2-3-8-19(18)25-20/h2-13H,1H3,(H2,22,24,25)(H2,23,26,27). The summed E-state index contributed by atoms with van der Waals surface area (Å²) in [6.45, 7) is 1.85. The van der Waals surface area contributed by atoms with Crippen LogP contribution in [0.3, 0.4) is 0 Å². The maximum Gasteiger partial charge on any atom is 0.333 e. The Hall–Kier alpha value is -3.85. The van der Waals surface area contributed by atoms with Crippen molar-refractivity contribution in [2.24, 2.45) is 0 Å². The van der Waals surface area contributed by atoms with Gasteiger partial charge in [-0.05, 0) is 49.4 Å². The van der Waals surface area contributed by atoms with Gasteiger partial charge in [0.15, 0.2) is 0 Å². The van der Waals surface area contributed by atoms with Crippen molar-refractivity contribution in [3.8, 4) is 0 Å². The Morgan fingerprint density at radius 2 is 1.67 bits per heavy atom. The molecule has 0 atom stereocenters. The number of imidazole rings is 1. The van der Waals surface area contributed by atoms with Crippen molar-refractivity contribution in [1.29, 1.82) is 0 Å². The Bertz CT molecular complexity index is 1280. The first kappa shape index (κ1) is 19.5. The third kappa shape index (κ3) is 4.41. The van der Waals surface area contributed by atoms with E-state index in [9.17, 15) is 13.2 Å². The number of hydrogen-bond acceptors (Lipinski definition) is 5. The van der Waals surface area contributed by atoms with Crippen molar-refractivity contribution in [3.63, 3.8) is 0 Å². The van der Waals surface area contributed by atoms with Crippen LogP contribution in [-0.2, 0) is 10.0 Å². The monoisotopic (exact) mass is 421 g/mol. The summed E-state index contributed by atoms with van der Waals surface area (Å²) in [5.41, 5.74) is 3.75. The minimum Gasteiger partial charge on any atom is -0.326 e. The van der Waals surface area contributed by atoms with Gasteiger partial charge >= 0.3 is 6.03 Å². The first-order valence-electron chi connectivity index (χ1n) is 9.11. The molecule has 0 fully saturated rings. The number of aromatic amines is 1. The van der Waals surface area contributed by atoms with Crippen LogP contribution >= 0.6 is 0 Å². The largest absolute Gasteiger partial charge is 0.333 e. The van der Waals surface area contributed by atoms with Crippen LogP contribution in [0.25, 0.3) is 11.0 Å². The average molecular weight is 421 g/mol. The quantitative estimate of drug-likeness (QED) is 0.387. The number of aromatic nitrogens is 2. The van der Waals surface area contributed by atoms with Crippen LogP contribution in [-0.4, -0.2) is 24.4 Å². The molecule has 3 aromatic carbocycles. The summed E-state index contributed by atoms with van der Waals surface area (Å²) < 4.78 is 26.7. The Balaban J connectivity index is 1.44. The molecule has 2 amide bonds. The van der Waals surface area contributed by atoms with Crippen LogP contribution < -0.4 is 15.4 Å². The fourth-order valence-electron chi connectivity index (χ4n) is 2.88. The van der Waals surface area contributed by atoms with Crippen LogP contribution in [0.15, 0.2) is 77.7 Å². The Morgan fingerprint density at radius 3 is 2.43 bits per heavy atom. The molecule has 0 unspecified atom stereocenters. The van der Waals surface area contributed by atoms with Crippen molar-refractivity contribution in [1.82, 2.24) is 14.7 Å². The molecule has 1 heterocycles. The molecule has 152 valence electrons. The van der Waals surface area contributed by atoms with Gasteiger partial charge in [-0.2, -0.15) is 0 Å². The summed E-state index contributed by atoms with van der Waals surface area (Å²) in [5, 5.41) is 5.66. The third-order valence-electron chi connectivity index (χ3n) is 4.33. The number of aryl methyl sites for hydroxylation is 1. The zero-order valence-electron chi connectivity index (χ0n) is 16.0. The lowest BCUT2D eigenvalue weighted by Gasteiger charge is -2.10. The van der Waals surface area contributed by atoms with Crippen molar-refractivity contribution in [2.45, 2.75) is 11.8 Å². The van der Waals surface area contributed by atoms with E-state index < -0.39 is 16.1 Å². The highest BCUT2D eigenvalue weighted by molar-refractivity contribution is 7.90. The van der Waals surface area contributed by atoms with Crippen molar-refractivity contribution in [3.05, 3.63) is 78.4 Å². The molecule has 0 radical (unpaired) electrons. The topological polar surface area (TPSA) is 116 Å². The number of anilines is 3. The molecule has 0 spiro atoms. The number of hydrogen-bond donors (Lipinski definition) is 4. The normalized spacial score (nSPS) is 11.2. The lowest BCUT2D eigenvalue weighted by molar-refractivity contribution is 0.256. The summed E-state index contributed by atoms with van der Waals surface area (Å²) in [6, 6.07) is 19.9. The van der Waals surface area contributed by atoms with Crippen LogP contribution in [0.4, 0.5) is 22.1 Å². The van der Waals surface area contributed by atoms with E-state index in [0.29, 0.717) is 17.3 Å². The zero-order chi connectivity index (χ0) is 21.1. The number of nitrogens with one attached hydrogen (secondary N) is 4. The molecule has 4 N–H and O–H groups in total. The van der Waals surface area contributed by atoms with Crippen LogP contribution in [0, 0.1) is 6.92 Å². The van der Waals surface area contributed by atoms with Gasteiger partial charge in [0.1, 0.15) is 0 Å². The minimum atomic E-state index is -3.96. The second-order valence-corrected chi connectivity index (χ2v) is 8.36. The average Bonchev–Trinajstić information content (AvgIpc) is 3.10. The van der Waals surface area contributed by atoms with Gasteiger partial charge in [-0.25, -0.2) is 22.9 Å². The number of rotatable bonds is 5. The molecule has 0 bridgehead atoms. The van der Waals surface area contributed by atoms with Gasteiger partial charge in [0.2, 0.25) is 5.95 Å². The number of fused-ring (bicyclic) bond motifs is 1. The number of nitrogens with zero attached hydrogens (tertiary/aromatic N) is 1. The fourth-order valence-corrected chi connectivity index (χ4v) is 3.79. The van der Waals surface area contributed by atoms with Crippen LogP contribution in [0.2, 0.25) is 0 Å². The summed E-state index contributed by atoms with van der Waals surface area (Å²) in [5.74, 6) is 0.555. The molecule has 1 aromatic heterocycles. The predicted molar refractivity (Wildman–Crippen MR) is 116 cm³/mol. The summed E-state index contributed by atoms with van der Waals surface area (Å²) in [4.78, 5) is 19.8. The van der Waals surface area contributed by atoms with E-state index in [0.717, 1.165) is 16.6 Å². The fraction of sp³-hybridized carbons (Fsp3) is 0.0476. The van der Waals surface area contributed by atoms with E-state index in [1.807, 2.05) is 35.9 Å². The zero-order valence-corrected chi connectivity index (χ0v) is 16.8. The second kappa shape index (κ2) is 7.88. The van der Waals surface area contributed by atoms with E-state index in [-0.39, 0.29) is 4.90 Å².